The summed E-state index contributed by atoms with van der Waals surface area (Å²) in [5.41, 5.74) is 0. The van der Waals surface area contributed by atoms with Crippen molar-refractivity contribution in [3.63, 3.8) is 0 Å². The monoisotopic (exact) mass is 219 g/mol. The molecule has 0 aliphatic carbocycles. The minimum Gasteiger partial charge on any atom is -0.466 e. The Labute approximate surface area is 90.5 Å². The predicted molar refractivity (Wildman–Crippen MR) is 56.1 cm³/mol. The molecule has 1 rings (SSSR count). The highest BCUT2D eigenvalue weighted by molar-refractivity contribution is 6.13. The van der Waals surface area contributed by atoms with E-state index in [1.54, 1.807) is 0 Å². The number of carbonyl (C=O) groups excluding carboxylic acids is 1. The van der Waals surface area contributed by atoms with Gasteiger partial charge in [0.05, 0.1) is 6.61 Å². The van der Waals surface area contributed by atoms with E-state index in [1.165, 1.54) is 12.8 Å². The van der Waals surface area contributed by atoms with E-state index in [-0.39, 0.29) is 5.97 Å². The van der Waals surface area contributed by atoms with Crippen LogP contribution in [-0.4, -0.2) is 29.6 Å². The first-order chi connectivity index (χ1) is 6.74. The Bertz CT molecular complexity index is 187. The number of halogens is 1. The molecule has 1 aliphatic heterocycles. The van der Waals surface area contributed by atoms with Crippen LogP contribution in [0.3, 0.4) is 0 Å². The second-order valence-electron chi connectivity index (χ2n) is 3.62. The third-order valence-corrected chi connectivity index (χ3v) is 2.99. The maximum absolute atomic E-state index is 11.1. The lowest BCUT2D eigenvalue weighted by Gasteiger charge is -2.29. The summed E-state index contributed by atoms with van der Waals surface area (Å²) in [7, 11) is 0. The smallest absolute Gasteiger partial charge is 0.305 e. The molecule has 3 nitrogen and oxygen atoms in total. The molecule has 0 aromatic heterocycles. The molecular formula is C10H18ClNO2. The number of rotatable bonds is 4. The van der Waals surface area contributed by atoms with Gasteiger partial charge in [-0.2, -0.15) is 0 Å². The lowest BCUT2D eigenvalue weighted by molar-refractivity contribution is -0.143. The molecular weight excluding hydrogens is 202 g/mol. The van der Waals surface area contributed by atoms with Gasteiger partial charge < -0.3 is 4.74 Å². The lowest BCUT2D eigenvalue weighted by Crippen LogP contribution is -2.32. The Hall–Kier alpha value is -0.280. The topological polar surface area (TPSA) is 29.5 Å². The van der Waals surface area contributed by atoms with Crippen molar-refractivity contribution in [1.29, 1.82) is 0 Å². The van der Waals surface area contributed by atoms with Crippen LogP contribution >= 0.6 is 11.8 Å². The third-order valence-electron chi connectivity index (χ3n) is 2.54. The number of ether oxygens (including phenoxy) is 1. The number of esters is 1. The largest absolute Gasteiger partial charge is 0.466 e. The summed E-state index contributed by atoms with van der Waals surface area (Å²) in [5, 5.41) is 0. The quantitative estimate of drug-likeness (QED) is 0.537. The summed E-state index contributed by atoms with van der Waals surface area (Å²) < 4.78 is 6.70. The van der Waals surface area contributed by atoms with Gasteiger partial charge in [0, 0.05) is 19.0 Å². The first-order valence-corrected chi connectivity index (χ1v) is 5.66. The summed E-state index contributed by atoms with van der Waals surface area (Å²) >= 11 is 6.02. The van der Waals surface area contributed by atoms with E-state index in [1.807, 2.05) is 11.3 Å². The fourth-order valence-corrected chi connectivity index (χ4v) is 2.08. The van der Waals surface area contributed by atoms with E-state index >= 15 is 0 Å². The van der Waals surface area contributed by atoms with Crippen molar-refractivity contribution in [2.75, 3.05) is 13.2 Å². The molecule has 0 radical (unpaired) electrons. The maximum atomic E-state index is 11.1. The molecule has 0 aromatic rings. The minimum atomic E-state index is -0.108. The highest BCUT2D eigenvalue weighted by Crippen LogP contribution is 2.22. The normalized spacial score (nSPS) is 23.4. The van der Waals surface area contributed by atoms with Gasteiger partial charge in [0.1, 0.15) is 0 Å². The Morgan fingerprint density at radius 2 is 2.36 bits per heavy atom. The Morgan fingerprint density at radius 1 is 1.57 bits per heavy atom. The van der Waals surface area contributed by atoms with Crippen molar-refractivity contribution in [2.45, 2.75) is 45.1 Å². The van der Waals surface area contributed by atoms with Crippen molar-refractivity contribution in [1.82, 2.24) is 4.42 Å². The second kappa shape index (κ2) is 6.25. The minimum absolute atomic E-state index is 0.108. The van der Waals surface area contributed by atoms with Crippen LogP contribution in [0, 0.1) is 0 Å². The lowest BCUT2D eigenvalue weighted by atomic mass is 10.0. The molecule has 1 fully saturated rings. The Balaban J connectivity index is 2.19. The molecule has 1 saturated heterocycles. The number of nitrogens with zero attached hydrogens (tertiary/aromatic N) is 1. The van der Waals surface area contributed by atoms with Crippen LogP contribution in [0.4, 0.5) is 0 Å². The van der Waals surface area contributed by atoms with Crippen LogP contribution in [0.25, 0.3) is 0 Å². The summed E-state index contributed by atoms with van der Waals surface area (Å²) in [6.45, 7) is 3.23. The molecule has 4 heteroatoms. The predicted octanol–water partition coefficient (Wildman–Crippen LogP) is 2.34. The molecule has 14 heavy (non-hydrogen) atoms. The SMILES string of the molecule is CCOC(=O)CCC1CCCCN1Cl. The number of hydrogen-bond acceptors (Lipinski definition) is 3. The molecule has 1 heterocycles. The van der Waals surface area contributed by atoms with Gasteiger partial charge in [-0.15, -0.1) is 0 Å². The first-order valence-electron chi connectivity index (χ1n) is 5.32. The molecule has 1 unspecified atom stereocenters. The van der Waals surface area contributed by atoms with Crippen LogP contribution in [0.5, 0.6) is 0 Å². The summed E-state index contributed by atoms with van der Waals surface area (Å²) in [5.74, 6) is -0.108. The molecule has 82 valence electrons. The van der Waals surface area contributed by atoms with Crippen LogP contribution in [0.2, 0.25) is 0 Å². The van der Waals surface area contributed by atoms with Crippen LogP contribution < -0.4 is 0 Å². The molecule has 1 aliphatic rings. The summed E-state index contributed by atoms with van der Waals surface area (Å²) in [4.78, 5) is 11.1. The van der Waals surface area contributed by atoms with E-state index in [4.69, 9.17) is 16.5 Å². The third kappa shape index (κ3) is 3.84. The molecule has 0 amide bonds. The van der Waals surface area contributed by atoms with Crippen LogP contribution in [0.15, 0.2) is 0 Å². The molecule has 0 aromatic carbocycles. The fourth-order valence-electron chi connectivity index (χ4n) is 1.77. The maximum Gasteiger partial charge on any atom is 0.305 e. The number of carbonyl (C=O) groups is 1. The van der Waals surface area contributed by atoms with Gasteiger partial charge in [0.2, 0.25) is 0 Å². The number of piperidine rings is 1. The van der Waals surface area contributed by atoms with E-state index in [0.717, 1.165) is 19.4 Å². The summed E-state index contributed by atoms with van der Waals surface area (Å²) in [6, 6.07) is 0.356. The zero-order valence-corrected chi connectivity index (χ0v) is 9.42. The van der Waals surface area contributed by atoms with Crippen LogP contribution in [-0.2, 0) is 9.53 Å². The average molecular weight is 220 g/mol. The summed E-state index contributed by atoms with van der Waals surface area (Å²) in [6.07, 6.45) is 4.79. The van der Waals surface area contributed by atoms with E-state index < -0.39 is 0 Å². The van der Waals surface area contributed by atoms with Crippen molar-refractivity contribution < 1.29 is 9.53 Å². The van der Waals surface area contributed by atoms with E-state index in [2.05, 4.69) is 0 Å². The van der Waals surface area contributed by atoms with Crippen molar-refractivity contribution in [3.8, 4) is 0 Å². The van der Waals surface area contributed by atoms with Gasteiger partial charge in [-0.25, -0.2) is 4.42 Å². The van der Waals surface area contributed by atoms with Crippen molar-refractivity contribution >= 4 is 17.7 Å². The Kier molecular flexibility index (Phi) is 5.26. The van der Waals surface area contributed by atoms with Gasteiger partial charge in [-0.1, -0.05) is 6.42 Å². The van der Waals surface area contributed by atoms with Gasteiger partial charge >= 0.3 is 5.97 Å². The zero-order valence-electron chi connectivity index (χ0n) is 8.67. The molecule has 0 saturated carbocycles. The van der Waals surface area contributed by atoms with Crippen LogP contribution in [0.1, 0.15) is 39.0 Å². The van der Waals surface area contributed by atoms with Crippen molar-refractivity contribution in [3.05, 3.63) is 0 Å². The molecule has 0 spiro atoms. The van der Waals surface area contributed by atoms with Gasteiger partial charge in [0.15, 0.2) is 0 Å². The Morgan fingerprint density at radius 3 is 3.00 bits per heavy atom. The average Bonchev–Trinajstić information content (AvgIpc) is 2.17. The highest BCUT2D eigenvalue weighted by atomic mass is 35.5. The van der Waals surface area contributed by atoms with Gasteiger partial charge in [0.25, 0.3) is 0 Å². The number of hydrogen-bond donors (Lipinski definition) is 0. The highest BCUT2D eigenvalue weighted by Gasteiger charge is 2.21. The second-order valence-corrected chi connectivity index (χ2v) is 4.05. The van der Waals surface area contributed by atoms with E-state index in [9.17, 15) is 4.79 Å². The van der Waals surface area contributed by atoms with Crippen molar-refractivity contribution in [2.24, 2.45) is 0 Å². The first kappa shape index (κ1) is 11.8. The fraction of sp³-hybridized carbons (Fsp3) is 0.900. The van der Waals surface area contributed by atoms with Gasteiger partial charge in [-0.3, -0.25) is 4.79 Å². The molecule has 1 atom stereocenters. The van der Waals surface area contributed by atoms with E-state index in [0.29, 0.717) is 19.1 Å². The molecule has 0 bridgehead atoms. The molecule has 0 N–H and O–H groups in total. The van der Waals surface area contributed by atoms with Gasteiger partial charge in [-0.05, 0) is 38.0 Å². The zero-order chi connectivity index (χ0) is 10.4. The standard InChI is InChI=1S/C10H18ClNO2/c1-2-14-10(13)7-6-9-5-3-4-8-12(9)11/h9H,2-8H2,1H3.